The Kier molecular flexibility index (Phi) is 3.68. The maximum Gasteiger partial charge on any atom is 0.219 e. The fourth-order valence-corrected chi connectivity index (χ4v) is 1.28. The van der Waals surface area contributed by atoms with Gasteiger partial charge in [-0.1, -0.05) is 6.08 Å². The van der Waals surface area contributed by atoms with E-state index in [1.165, 1.54) is 0 Å². The Morgan fingerprint density at radius 1 is 1.50 bits per heavy atom. The minimum atomic E-state index is 0.120. The molecule has 0 aromatic rings. The molecule has 4 heteroatoms. The summed E-state index contributed by atoms with van der Waals surface area (Å²) in [6.45, 7) is 6.91. The molecule has 4 nitrogen and oxygen atoms in total. The van der Waals surface area contributed by atoms with E-state index >= 15 is 0 Å². The van der Waals surface area contributed by atoms with Crippen LogP contribution in [0, 0.1) is 0 Å². The van der Waals surface area contributed by atoms with Gasteiger partial charge in [0.1, 0.15) is 0 Å². The van der Waals surface area contributed by atoms with Gasteiger partial charge in [-0.15, -0.1) is 0 Å². The van der Waals surface area contributed by atoms with E-state index in [4.69, 9.17) is 0 Å². The minimum absolute atomic E-state index is 0.120. The Hall–Kier alpha value is -1.32. The number of rotatable bonds is 2. The van der Waals surface area contributed by atoms with Crippen LogP contribution in [0.3, 0.4) is 0 Å². The number of carbonyl (C=O) groups excluding carboxylic acids is 1. The van der Waals surface area contributed by atoms with Crippen LogP contribution in [0.5, 0.6) is 0 Å². The molecule has 1 heterocycles. The molecule has 0 unspecified atom stereocenters. The summed E-state index contributed by atoms with van der Waals surface area (Å²) in [4.78, 5) is 12.9. The molecule has 0 bridgehead atoms. The van der Waals surface area contributed by atoms with Crippen LogP contribution in [0.15, 0.2) is 16.9 Å². The Morgan fingerprint density at radius 2 is 2.21 bits per heavy atom. The van der Waals surface area contributed by atoms with Crippen molar-refractivity contribution in [3.05, 3.63) is 11.8 Å². The third-order valence-electron chi connectivity index (χ3n) is 2.02. The summed E-state index contributed by atoms with van der Waals surface area (Å²) in [6, 6.07) is 0. The van der Waals surface area contributed by atoms with E-state index in [9.17, 15) is 4.79 Å². The summed E-state index contributed by atoms with van der Waals surface area (Å²) in [5.41, 5.74) is 4.95. The molecule has 78 valence electrons. The highest BCUT2D eigenvalue weighted by Crippen LogP contribution is 2.07. The molecule has 1 N–H and O–H groups in total. The van der Waals surface area contributed by atoms with Crippen LogP contribution in [-0.2, 0) is 4.79 Å². The molecule has 1 aliphatic rings. The molecule has 0 radical (unpaired) electrons. The second kappa shape index (κ2) is 4.79. The maximum atomic E-state index is 11.1. The highest BCUT2D eigenvalue weighted by molar-refractivity contribution is 5.78. The number of nitrogens with one attached hydrogen (secondary N) is 1. The summed E-state index contributed by atoms with van der Waals surface area (Å²) in [7, 11) is 0. The minimum Gasteiger partial charge on any atom is -0.337 e. The molecule has 0 fully saturated rings. The Morgan fingerprint density at radius 3 is 2.79 bits per heavy atom. The molecule has 0 saturated carbocycles. The monoisotopic (exact) mass is 195 g/mol. The summed E-state index contributed by atoms with van der Waals surface area (Å²) < 4.78 is 0. The van der Waals surface area contributed by atoms with E-state index in [-0.39, 0.29) is 5.91 Å². The van der Waals surface area contributed by atoms with Crippen LogP contribution in [0.25, 0.3) is 0 Å². The lowest BCUT2D eigenvalue weighted by atomic mass is 10.2. The van der Waals surface area contributed by atoms with Crippen LogP contribution in [0.1, 0.15) is 27.2 Å². The maximum absolute atomic E-state index is 11.1. The molecule has 0 aliphatic carbocycles. The molecule has 0 spiro atoms. The Labute approximate surface area is 84.7 Å². The molecular formula is C10H17N3O. The van der Waals surface area contributed by atoms with Crippen molar-refractivity contribution >= 4 is 11.6 Å². The van der Waals surface area contributed by atoms with Gasteiger partial charge in [-0.2, -0.15) is 5.10 Å². The molecule has 1 aliphatic heterocycles. The molecule has 0 aromatic carbocycles. The van der Waals surface area contributed by atoms with Crippen molar-refractivity contribution in [2.75, 3.05) is 13.1 Å². The van der Waals surface area contributed by atoms with Gasteiger partial charge in [-0.25, -0.2) is 0 Å². The Bertz CT molecular complexity index is 277. The molecule has 14 heavy (non-hydrogen) atoms. The van der Waals surface area contributed by atoms with Gasteiger partial charge in [-0.3, -0.25) is 10.2 Å². The van der Waals surface area contributed by atoms with Crippen LogP contribution < -0.4 is 5.43 Å². The van der Waals surface area contributed by atoms with E-state index in [0.29, 0.717) is 6.54 Å². The number of amides is 1. The third-order valence-corrected chi connectivity index (χ3v) is 2.02. The number of hydrogen-bond acceptors (Lipinski definition) is 3. The van der Waals surface area contributed by atoms with Gasteiger partial charge in [0.15, 0.2) is 0 Å². The second-order valence-electron chi connectivity index (χ2n) is 3.63. The second-order valence-corrected chi connectivity index (χ2v) is 3.63. The molecular weight excluding hydrogens is 178 g/mol. The first-order valence-electron chi connectivity index (χ1n) is 4.81. The normalized spacial score (nSPS) is 15.9. The zero-order valence-corrected chi connectivity index (χ0v) is 9.00. The molecule has 0 aromatic heterocycles. The first-order valence-corrected chi connectivity index (χ1v) is 4.81. The van der Waals surface area contributed by atoms with Crippen molar-refractivity contribution in [2.45, 2.75) is 27.2 Å². The molecule has 0 saturated heterocycles. The standard InChI is InChI=1S/C10H17N3O/c1-8(2)11-12-10-5-4-6-13(7-10)9(3)14/h5,12H,4,6-7H2,1-3H3. The van der Waals surface area contributed by atoms with Crippen molar-refractivity contribution in [1.82, 2.24) is 10.3 Å². The van der Waals surface area contributed by atoms with E-state index < -0.39 is 0 Å². The van der Waals surface area contributed by atoms with Crippen LogP contribution >= 0.6 is 0 Å². The zero-order valence-electron chi connectivity index (χ0n) is 9.00. The molecule has 1 amide bonds. The predicted octanol–water partition coefficient (Wildman–Crippen LogP) is 1.11. The number of hydrogen-bond donors (Lipinski definition) is 1. The smallest absolute Gasteiger partial charge is 0.219 e. The van der Waals surface area contributed by atoms with Crippen molar-refractivity contribution in [1.29, 1.82) is 0 Å². The van der Waals surface area contributed by atoms with Crippen LogP contribution in [-0.4, -0.2) is 29.6 Å². The topological polar surface area (TPSA) is 44.7 Å². The van der Waals surface area contributed by atoms with Crippen molar-refractivity contribution in [2.24, 2.45) is 5.10 Å². The van der Waals surface area contributed by atoms with Gasteiger partial charge < -0.3 is 4.90 Å². The number of hydrazone groups is 1. The first-order chi connectivity index (χ1) is 6.59. The SMILES string of the molecule is CC(=O)N1CCC=C(NN=C(C)C)C1. The van der Waals surface area contributed by atoms with E-state index in [0.717, 1.165) is 24.4 Å². The quantitative estimate of drug-likeness (QED) is 0.530. The fraction of sp³-hybridized carbons (Fsp3) is 0.600. The third kappa shape index (κ3) is 3.20. The molecule has 0 atom stereocenters. The summed E-state index contributed by atoms with van der Waals surface area (Å²) in [6.07, 6.45) is 2.99. The van der Waals surface area contributed by atoms with Gasteiger partial charge in [0.05, 0.1) is 6.54 Å². The highest BCUT2D eigenvalue weighted by atomic mass is 16.2. The lowest BCUT2D eigenvalue weighted by Gasteiger charge is -2.25. The largest absolute Gasteiger partial charge is 0.337 e. The zero-order chi connectivity index (χ0) is 10.6. The number of nitrogens with zero attached hydrogens (tertiary/aromatic N) is 2. The Balaban J connectivity index is 2.51. The average Bonchev–Trinajstić information content (AvgIpc) is 2.15. The van der Waals surface area contributed by atoms with Crippen molar-refractivity contribution in [3.8, 4) is 0 Å². The van der Waals surface area contributed by atoms with Gasteiger partial charge in [-0.05, 0) is 20.3 Å². The predicted molar refractivity (Wildman–Crippen MR) is 56.9 cm³/mol. The van der Waals surface area contributed by atoms with Crippen molar-refractivity contribution in [3.63, 3.8) is 0 Å². The fourth-order valence-electron chi connectivity index (χ4n) is 1.28. The van der Waals surface area contributed by atoms with Crippen LogP contribution in [0.4, 0.5) is 0 Å². The lowest BCUT2D eigenvalue weighted by molar-refractivity contribution is -0.128. The van der Waals surface area contributed by atoms with Gasteiger partial charge in [0, 0.05) is 24.9 Å². The van der Waals surface area contributed by atoms with Gasteiger partial charge >= 0.3 is 0 Å². The summed E-state index contributed by atoms with van der Waals surface area (Å²) in [5, 5.41) is 4.10. The van der Waals surface area contributed by atoms with Gasteiger partial charge in [0.2, 0.25) is 5.91 Å². The lowest BCUT2D eigenvalue weighted by Crippen LogP contribution is -2.36. The van der Waals surface area contributed by atoms with E-state index in [2.05, 4.69) is 16.6 Å². The van der Waals surface area contributed by atoms with Crippen molar-refractivity contribution < 1.29 is 4.79 Å². The number of carbonyl (C=O) groups is 1. The van der Waals surface area contributed by atoms with E-state index in [1.54, 1.807) is 6.92 Å². The van der Waals surface area contributed by atoms with Gasteiger partial charge in [0.25, 0.3) is 0 Å². The summed E-state index contributed by atoms with van der Waals surface area (Å²) in [5.74, 6) is 0.120. The van der Waals surface area contributed by atoms with E-state index in [1.807, 2.05) is 18.7 Å². The summed E-state index contributed by atoms with van der Waals surface area (Å²) >= 11 is 0. The molecule has 1 rings (SSSR count). The van der Waals surface area contributed by atoms with Crippen LogP contribution in [0.2, 0.25) is 0 Å². The average molecular weight is 195 g/mol. The first kappa shape index (κ1) is 10.8. The highest BCUT2D eigenvalue weighted by Gasteiger charge is 2.13.